The number of aromatic nitrogens is 4. The molecule has 0 amide bonds. The van der Waals surface area contributed by atoms with Gasteiger partial charge < -0.3 is 14.8 Å². The van der Waals surface area contributed by atoms with Crippen LogP contribution in [0, 0.1) is 6.92 Å². The molecule has 0 saturated heterocycles. The van der Waals surface area contributed by atoms with Crippen LogP contribution in [0.25, 0.3) is 21.3 Å². The van der Waals surface area contributed by atoms with E-state index in [4.69, 9.17) is 9.47 Å². The van der Waals surface area contributed by atoms with Gasteiger partial charge in [-0.15, -0.1) is 0 Å². The van der Waals surface area contributed by atoms with E-state index in [2.05, 4.69) is 31.3 Å². The van der Waals surface area contributed by atoms with E-state index in [0.29, 0.717) is 17.6 Å². The molecule has 8 heteroatoms. The topological polar surface area (TPSA) is 82.0 Å². The molecule has 4 rings (SSSR count). The lowest BCUT2D eigenvalue weighted by Crippen LogP contribution is -1.96. The van der Waals surface area contributed by atoms with Gasteiger partial charge in [-0.25, -0.2) is 19.9 Å². The number of benzene rings is 1. The second-order valence-electron chi connectivity index (χ2n) is 5.78. The summed E-state index contributed by atoms with van der Waals surface area (Å²) in [5.74, 6) is 1.60. The van der Waals surface area contributed by atoms with Gasteiger partial charge >= 0.3 is 0 Å². The maximum atomic E-state index is 5.34. The second-order valence-corrected chi connectivity index (χ2v) is 6.81. The van der Waals surface area contributed by atoms with Crippen LogP contribution in [0.4, 0.5) is 11.1 Å². The summed E-state index contributed by atoms with van der Waals surface area (Å²) in [6, 6.07) is 9.84. The van der Waals surface area contributed by atoms with Gasteiger partial charge in [0.1, 0.15) is 0 Å². The van der Waals surface area contributed by atoms with E-state index < -0.39 is 0 Å². The molecular formula is C19H17N5O2S. The summed E-state index contributed by atoms with van der Waals surface area (Å²) in [7, 11) is 3.17. The maximum Gasteiger partial charge on any atom is 0.256 e. The van der Waals surface area contributed by atoms with Crippen LogP contribution < -0.4 is 14.8 Å². The fourth-order valence-corrected chi connectivity index (χ4v) is 3.55. The van der Waals surface area contributed by atoms with Crippen molar-refractivity contribution in [3.05, 3.63) is 48.4 Å². The molecule has 3 heterocycles. The summed E-state index contributed by atoms with van der Waals surface area (Å²) >= 11 is 1.55. The van der Waals surface area contributed by atoms with Gasteiger partial charge in [0.05, 0.1) is 24.4 Å². The Labute approximate surface area is 160 Å². The van der Waals surface area contributed by atoms with E-state index in [0.717, 1.165) is 32.2 Å². The minimum Gasteiger partial charge on any atom is -0.491 e. The van der Waals surface area contributed by atoms with Crippen molar-refractivity contribution in [2.45, 2.75) is 6.92 Å². The van der Waals surface area contributed by atoms with Crippen molar-refractivity contribution in [2.75, 3.05) is 19.5 Å². The van der Waals surface area contributed by atoms with Gasteiger partial charge in [0.25, 0.3) is 5.88 Å². The standard InChI is InChI=1S/C19H17N5O2S/c1-11-6-7-20-18(22-11)24-19-23-14-5-4-12(9-16(14)27-19)13-8-15(25-2)17(26-3)21-10-13/h4-10H,1-3H3,(H,20,22,23,24). The summed E-state index contributed by atoms with van der Waals surface area (Å²) in [5.41, 5.74) is 3.78. The molecule has 0 atom stereocenters. The molecular weight excluding hydrogens is 362 g/mol. The van der Waals surface area contributed by atoms with Crippen molar-refractivity contribution >= 4 is 32.6 Å². The number of pyridine rings is 1. The van der Waals surface area contributed by atoms with Crippen LogP contribution in [0.2, 0.25) is 0 Å². The first-order chi connectivity index (χ1) is 13.2. The Morgan fingerprint density at radius 3 is 2.63 bits per heavy atom. The van der Waals surface area contributed by atoms with Crippen LogP contribution in [-0.2, 0) is 0 Å². The van der Waals surface area contributed by atoms with E-state index in [9.17, 15) is 0 Å². The predicted octanol–water partition coefficient (Wildman–Crippen LogP) is 4.22. The lowest BCUT2D eigenvalue weighted by Gasteiger charge is -2.08. The first-order valence-corrected chi connectivity index (χ1v) is 9.03. The number of ether oxygens (including phenoxy) is 2. The van der Waals surface area contributed by atoms with Gasteiger partial charge in [-0.2, -0.15) is 0 Å². The first kappa shape index (κ1) is 17.2. The number of nitrogens with zero attached hydrogens (tertiary/aromatic N) is 4. The van der Waals surface area contributed by atoms with E-state index in [1.165, 1.54) is 0 Å². The molecule has 4 aromatic rings. The quantitative estimate of drug-likeness (QED) is 0.556. The summed E-state index contributed by atoms with van der Waals surface area (Å²) in [6.45, 7) is 1.93. The summed E-state index contributed by atoms with van der Waals surface area (Å²) < 4.78 is 11.6. The Morgan fingerprint density at radius 2 is 1.85 bits per heavy atom. The van der Waals surface area contributed by atoms with E-state index in [1.807, 2.05) is 31.2 Å². The second kappa shape index (κ2) is 7.16. The molecule has 0 aliphatic carbocycles. The number of aryl methyl sites for hydroxylation is 1. The van der Waals surface area contributed by atoms with E-state index >= 15 is 0 Å². The highest BCUT2D eigenvalue weighted by Gasteiger charge is 2.11. The molecule has 0 radical (unpaired) electrons. The first-order valence-electron chi connectivity index (χ1n) is 8.22. The number of anilines is 2. The molecule has 0 saturated carbocycles. The van der Waals surface area contributed by atoms with Crippen LogP contribution in [0.5, 0.6) is 11.6 Å². The molecule has 0 bridgehead atoms. The highest BCUT2D eigenvalue weighted by atomic mass is 32.1. The molecule has 1 aromatic carbocycles. The van der Waals surface area contributed by atoms with Crippen LogP contribution >= 0.6 is 11.3 Å². The van der Waals surface area contributed by atoms with Crippen LogP contribution in [0.1, 0.15) is 5.69 Å². The van der Waals surface area contributed by atoms with Gasteiger partial charge in [0, 0.05) is 23.7 Å². The highest BCUT2D eigenvalue weighted by molar-refractivity contribution is 7.22. The Morgan fingerprint density at radius 1 is 0.963 bits per heavy atom. The zero-order valence-corrected chi connectivity index (χ0v) is 15.9. The molecule has 27 heavy (non-hydrogen) atoms. The smallest absolute Gasteiger partial charge is 0.256 e. The average molecular weight is 379 g/mol. The lowest BCUT2D eigenvalue weighted by molar-refractivity contribution is 0.343. The van der Waals surface area contributed by atoms with Crippen LogP contribution in [0.15, 0.2) is 42.7 Å². The molecule has 1 N–H and O–H groups in total. The number of rotatable bonds is 5. The minimum absolute atomic E-state index is 0.463. The predicted molar refractivity (Wildman–Crippen MR) is 106 cm³/mol. The number of hydrogen-bond acceptors (Lipinski definition) is 8. The Hall–Kier alpha value is -3.26. The third-order valence-electron chi connectivity index (χ3n) is 3.97. The van der Waals surface area contributed by atoms with Crippen molar-refractivity contribution in [1.29, 1.82) is 0 Å². The zero-order chi connectivity index (χ0) is 18.8. The van der Waals surface area contributed by atoms with Crippen molar-refractivity contribution < 1.29 is 9.47 Å². The average Bonchev–Trinajstić information content (AvgIpc) is 3.08. The monoisotopic (exact) mass is 379 g/mol. The summed E-state index contributed by atoms with van der Waals surface area (Å²) in [6.07, 6.45) is 3.49. The number of hydrogen-bond donors (Lipinski definition) is 1. The molecule has 3 aromatic heterocycles. The fourth-order valence-electron chi connectivity index (χ4n) is 2.65. The van der Waals surface area contributed by atoms with Gasteiger partial charge in [-0.1, -0.05) is 17.4 Å². The Bertz CT molecular complexity index is 1110. The number of nitrogens with one attached hydrogen (secondary N) is 1. The molecule has 0 fully saturated rings. The number of fused-ring (bicyclic) bond motifs is 1. The third-order valence-corrected chi connectivity index (χ3v) is 4.90. The molecule has 7 nitrogen and oxygen atoms in total. The van der Waals surface area contributed by atoms with Gasteiger partial charge in [0.2, 0.25) is 5.95 Å². The fraction of sp³-hybridized carbons (Fsp3) is 0.158. The Balaban J connectivity index is 1.66. The van der Waals surface area contributed by atoms with Crippen molar-refractivity contribution in [3.63, 3.8) is 0 Å². The number of methoxy groups -OCH3 is 2. The van der Waals surface area contributed by atoms with Crippen molar-refractivity contribution in [3.8, 4) is 22.8 Å². The minimum atomic E-state index is 0.463. The number of thiazole rings is 1. The third kappa shape index (κ3) is 3.52. The Kier molecular flexibility index (Phi) is 4.55. The summed E-state index contributed by atoms with van der Waals surface area (Å²) in [5, 5.41) is 3.91. The molecule has 136 valence electrons. The van der Waals surface area contributed by atoms with Gasteiger partial charge in [-0.05, 0) is 36.8 Å². The van der Waals surface area contributed by atoms with Gasteiger partial charge in [-0.3, -0.25) is 0 Å². The van der Waals surface area contributed by atoms with Gasteiger partial charge in [0.15, 0.2) is 10.9 Å². The molecule has 0 unspecified atom stereocenters. The highest BCUT2D eigenvalue weighted by Crippen LogP contribution is 2.34. The van der Waals surface area contributed by atoms with Crippen LogP contribution in [-0.4, -0.2) is 34.2 Å². The summed E-state index contributed by atoms with van der Waals surface area (Å²) in [4.78, 5) is 17.5. The largest absolute Gasteiger partial charge is 0.491 e. The van der Waals surface area contributed by atoms with Crippen molar-refractivity contribution in [1.82, 2.24) is 19.9 Å². The van der Waals surface area contributed by atoms with E-state index in [1.54, 1.807) is 38.0 Å². The van der Waals surface area contributed by atoms with E-state index in [-0.39, 0.29) is 0 Å². The SMILES string of the molecule is COc1cc(-c2ccc3nc(Nc4nccc(C)n4)sc3c2)cnc1OC. The maximum absolute atomic E-state index is 5.34. The lowest BCUT2D eigenvalue weighted by atomic mass is 10.1. The molecule has 0 aliphatic heterocycles. The molecule has 0 aliphatic rings. The molecule has 0 spiro atoms. The normalized spacial score (nSPS) is 10.8. The van der Waals surface area contributed by atoms with Crippen molar-refractivity contribution in [2.24, 2.45) is 0 Å². The van der Waals surface area contributed by atoms with Crippen LogP contribution in [0.3, 0.4) is 0 Å². The zero-order valence-electron chi connectivity index (χ0n) is 15.1.